The van der Waals surface area contributed by atoms with E-state index in [1.807, 2.05) is 31.3 Å². The number of nitro benzene ring substituents is 1. The second kappa shape index (κ2) is 10.7. The van der Waals surface area contributed by atoms with Gasteiger partial charge in [-0.2, -0.15) is 0 Å². The van der Waals surface area contributed by atoms with Gasteiger partial charge in [0.2, 0.25) is 5.91 Å². The van der Waals surface area contributed by atoms with Gasteiger partial charge in [0, 0.05) is 61.1 Å². The monoisotopic (exact) mass is 488 g/mol. The highest BCUT2D eigenvalue weighted by Crippen LogP contribution is 2.34. The van der Waals surface area contributed by atoms with Gasteiger partial charge in [-0.25, -0.2) is 0 Å². The molecule has 1 unspecified atom stereocenters. The highest BCUT2D eigenvalue weighted by atomic mass is 16.6. The van der Waals surface area contributed by atoms with Crippen LogP contribution < -0.4 is 10.2 Å². The Morgan fingerprint density at radius 2 is 1.83 bits per heavy atom. The fraction of sp³-hybridized carbons (Fsp3) is 0.483. The summed E-state index contributed by atoms with van der Waals surface area (Å²) < 4.78 is 2.10. The summed E-state index contributed by atoms with van der Waals surface area (Å²) in [6.07, 6.45) is 10.6. The van der Waals surface area contributed by atoms with E-state index in [2.05, 4.69) is 33.1 Å². The first kappa shape index (κ1) is 24.3. The van der Waals surface area contributed by atoms with Crippen LogP contribution in [0.4, 0.5) is 11.4 Å². The van der Waals surface area contributed by atoms with Gasteiger partial charge in [0.25, 0.3) is 5.69 Å². The van der Waals surface area contributed by atoms with Crippen LogP contribution >= 0.6 is 0 Å². The molecule has 3 aromatic rings. The molecule has 36 heavy (non-hydrogen) atoms. The zero-order valence-corrected chi connectivity index (χ0v) is 21.1. The predicted octanol–water partition coefficient (Wildman–Crippen LogP) is 5.61. The summed E-state index contributed by atoms with van der Waals surface area (Å²) in [6, 6.07) is 15.4. The van der Waals surface area contributed by atoms with Crippen LogP contribution in [0.1, 0.15) is 50.5 Å². The van der Waals surface area contributed by atoms with Crippen molar-refractivity contribution in [2.45, 2.75) is 57.4 Å². The van der Waals surface area contributed by atoms with E-state index in [0.29, 0.717) is 18.3 Å². The molecule has 1 aliphatic carbocycles. The van der Waals surface area contributed by atoms with E-state index in [1.165, 1.54) is 25.7 Å². The van der Waals surface area contributed by atoms with E-state index in [1.54, 1.807) is 12.1 Å². The number of hydrogen-bond acceptors (Lipinski definition) is 4. The Bertz CT molecular complexity index is 1220. The Labute approximate surface area is 212 Å². The highest BCUT2D eigenvalue weighted by Gasteiger charge is 2.31. The van der Waals surface area contributed by atoms with Gasteiger partial charge in [-0.15, -0.1) is 0 Å². The Kier molecular flexibility index (Phi) is 7.25. The standard InChI is InChI=1S/C29H36N4O3/c1-31-20-23(26-9-3-5-11-28(26)31)18-29(34)30-27-10-4-2-8-22(27)17-21-7-6-16-32(19-21)24-12-14-25(15-13-24)33(35)36/h3,5,9,11-15,20-22,27H,2,4,6-8,10,16-19H2,1H3,(H,30,34)/t21?,22-,27+/m0/s1. The summed E-state index contributed by atoms with van der Waals surface area (Å²) in [4.78, 5) is 26.1. The largest absolute Gasteiger partial charge is 0.371 e. The maximum atomic E-state index is 13.1. The quantitative estimate of drug-likeness (QED) is 0.346. The topological polar surface area (TPSA) is 80.4 Å². The number of hydrogen-bond donors (Lipinski definition) is 1. The minimum atomic E-state index is -0.347. The van der Waals surface area contributed by atoms with Crippen LogP contribution in [0.5, 0.6) is 0 Å². The average Bonchev–Trinajstić information content (AvgIpc) is 3.20. The average molecular weight is 489 g/mol. The van der Waals surface area contributed by atoms with Gasteiger partial charge in [-0.05, 0) is 67.7 Å². The number of nitrogens with one attached hydrogen (secondary N) is 1. The van der Waals surface area contributed by atoms with Crippen molar-refractivity contribution in [3.8, 4) is 0 Å². The number of para-hydroxylation sites is 1. The molecule has 5 rings (SSSR count). The van der Waals surface area contributed by atoms with E-state index < -0.39 is 0 Å². The number of benzene rings is 2. The fourth-order valence-electron chi connectivity index (χ4n) is 6.38. The van der Waals surface area contributed by atoms with Crippen LogP contribution in [0.2, 0.25) is 0 Å². The van der Waals surface area contributed by atoms with Crippen molar-refractivity contribution in [2.75, 3.05) is 18.0 Å². The van der Waals surface area contributed by atoms with Gasteiger partial charge in [-0.1, -0.05) is 31.0 Å². The molecular weight excluding hydrogens is 452 g/mol. The zero-order chi connectivity index (χ0) is 25.1. The Balaban J connectivity index is 1.20. The number of anilines is 1. The second-order valence-corrected chi connectivity index (χ2v) is 10.6. The Morgan fingerprint density at radius 3 is 2.64 bits per heavy atom. The number of aromatic nitrogens is 1. The van der Waals surface area contributed by atoms with Gasteiger partial charge >= 0.3 is 0 Å². The summed E-state index contributed by atoms with van der Waals surface area (Å²) in [5.74, 6) is 1.21. The van der Waals surface area contributed by atoms with Crippen molar-refractivity contribution in [3.63, 3.8) is 0 Å². The van der Waals surface area contributed by atoms with E-state index in [9.17, 15) is 14.9 Å². The SMILES string of the molecule is Cn1cc(CC(=O)N[C@@H]2CCCC[C@H]2CC2CCCN(c3ccc([N+](=O)[O-])cc3)C2)c2ccccc21. The number of rotatable bonds is 7. The molecule has 2 aliphatic rings. The third-order valence-corrected chi connectivity index (χ3v) is 8.17. The van der Waals surface area contributed by atoms with E-state index >= 15 is 0 Å². The van der Waals surface area contributed by atoms with Crippen LogP contribution in [0, 0.1) is 22.0 Å². The molecular formula is C29H36N4O3. The number of fused-ring (bicyclic) bond motifs is 1. The maximum Gasteiger partial charge on any atom is 0.269 e. The normalized spacial score (nSPS) is 22.5. The third kappa shape index (κ3) is 5.40. The molecule has 0 spiro atoms. The van der Waals surface area contributed by atoms with E-state index in [4.69, 9.17) is 0 Å². The molecule has 0 radical (unpaired) electrons. The van der Waals surface area contributed by atoms with Crippen molar-refractivity contribution in [1.82, 2.24) is 9.88 Å². The molecule has 3 atom stereocenters. The number of amides is 1. The number of nitrogens with zero attached hydrogens (tertiary/aromatic N) is 3. The lowest BCUT2D eigenvalue weighted by Crippen LogP contribution is -2.44. The van der Waals surface area contributed by atoms with E-state index in [-0.39, 0.29) is 22.6 Å². The number of carbonyl (C=O) groups is 1. The molecule has 2 heterocycles. The summed E-state index contributed by atoms with van der Waals surface area (Å²) >= 11 is 0. The smallest absolute Gasteiger partial charge is 0.269 e. The first-order valence-corrected chi connectivity index (χ1v) is 13.3. The molecule has 2 aromatic carbocycles. The zero-order valence-electron chi connectivity index (χ0n) is 21.1. The van der Waals surface area contributed by atoms with Crippen LogP contribution in [0.25, 0.3) is 10.9 Å². The molecule has 1 aromatic heterocycles. The van der Waals surface area contributed by atoms with Gasteiger partial charge < -0.3 is 14.8 Å². The Hall–Kier alpha value is -3.35. The summed E-state index contributed by atoms with van der Waals surface area (Å²) in [6.45, 7) is 1.97. The lowest BCUT2D eigenvalue weighted by molar-refractivity contribution is -0.384. The lowest BCUT2D eigenvalue weighted by Gasteiger charge is -2.39. The minimum absolute atomic E-state index is 0.124. The second-order valence-electron chi connectivity index (χ2n) is 10.6. The van der Waals surface area contributed by atoms with Crippen LogP contribution in [-0.4, -0.2) is 34.5 Å². The van der Waals surface area contributed by atoms with Crippen molar-refractivity contribution in [2.24, 2.45) is 18.9 Å². The van der Waals surface area contributed by atoms with Crippen LogP contribution in [0.3, 0.4) is 0 Å². The van der Waals surface area contributed by atoms with Gasteiger partial charge in [0.1, 0.15) is 0 Å². The molecule has 7 nitrogen and oxygen atoms in total. The van der Waals surface area contributed by atoms with Crippen molar-refractivity contribution in [3.05, 3.63) is 70.4 Å². The molecule has 1 aliphatic heterocycles. The van der Waals surface area contributed by atoms with Crippen molar-refractivity contribution >= 4 is 28.2 Å². The molecule has 1 N–H and O–H groups in total. The van der Waals surface area contributed by atoms with Crippen LogP contribution in [-0.2, 0) is 18.3 Å². The minimum Gasteiger partial charge on any atom is -0.371 e. The highest BCUT2D eigenvalue weighted by molar-refractivity contribution is 5.89. The first-order valence-electron chi connectivity index (χ1n) is 13.3. The molecule has 190 valence electrons. The van der Waals surface area contributed by atoms with Crippen molar-refractivity contribution < 1.29 is 9.72 Å². The maximum absolute atomic E-state index is 13.1. The summed E-state index contributed by atoms with van der Waals surface area (Å²) in [5, 5.41) is 15.6. The first-order chi connectivity index (χ1) is 17.5. The molecule has 1 amide bonds. The number of nitro groups is 1. The van der Waals surface area contributed by atoms with Gasteiger partial charge in [0.05, 0.1) is 11.3 Å². The summed E-state index contributed by atoms with van der Waals surface area (Å²) in [5.41, 5.74) is 3.44. The number of carbonyl (C=O) groups excluding carboxylic acids is 1. The lowest BCUT2D eigenvalue weighted by atomic mass is 9.77. The predicted molar refractivity (Wildman–Crippen MR) is 143 cm³/mol. The number of aryl methyl sites for hydroxylation is 1. The van der Waals surface area contributed by atoms with Crippen LogP contribution in [0.15, 0.2) is 54.7 Å². The molecule has 1 saturated carbocycles. The fourth-order valence-corrected chi connectivity index (χ4v) is 6.38. The van der Waals surface area contributed by atoms with Crippen molar-refractivity contribution in [1.29, 1.82) is 0 Å². The Morgan fingerprint density at radius 1 is 1.06 bits per heavy atom. The number of non-ortho nitro benzene ring substituents is 1. The van der Waals surface area contributed by atoms with Gasteiger partial charge in [-0.3, -0.25) is 14.9 Å². The molecule has 1 saturated heterocycles. The van der Waals surface area contributed by atoms with Gasteiger partial charge in [0.15, 0.2) is 0 Å². The molecule has 0 bridgehead atoms. The number of piperidine rings is 1. The molecule has 7 heteroatoms. The molecule has 2 fully saturated rings. The third-order valence-electron chi connectivity index (χ3n) is 8.17. The summed E-state index contributed by atoms with van der Waals surface area (Å²) in [7, 11) is 2.03. The van der Waals surface area contributed by atoms with E-state index in [0.717, 1.165) is 54.5 Å².